The zero-order valence-corrected chi connectivity index (χ0v) is 10.0. The number of aromatic nitrogens is 1. The highest BCUT2D eigenvalue weighted by Crippen LogP contribution is 2.22. The Morgan fingerprint density at radius 2 is 2.18 bits per heavy atom. The number of rotatable bonds is 2. The summed E-state index contributed by atoms with van der Waals surface area (Å²) in [6.07, 6.45) is 7.80. The molecule has 2 nitrogen and oxygen atoms in total. The van der Waals surface area contributed by atoms with Crippen LogP contribution in [0.3, 0.4) is 0 Å². The van der Waals surface area contributed by atoms with Crippen molar-refractivity contribution in [2.45, 2.75) is 19.3 Å². The van der Waals surface area contributed by atoms with E-state index < -0.39 is 0 Å². The molecule has 1 saturated heterocycles. The Kier molecular flexibility index (Phi) is 3.06. The number of nitrogens with one attached hydrogen (secondary N) is 1. The van der Waals surface area contributed by atoms with Gasteiger partial charge in [-0.15, -0.1) is 0 Å². The lowest BCUT2D eigenvalue weighted by Crippen LogP contribution is -2.30. The number of hydrogen-bond acceptors (Lipinski definition) is 2. The molecule has 2 heterocycles. The average Bonchev–Trinajstić information content (AvgIpc) is 2.40. The van der Waals surface area contributed by atoms with Crippen molar-refractivity contribution in [3.8, 4) is 0 Å². The molecule has 2 aromatic rings. The third kappa shape index (κ3) is 2.32. The second kappa shape index (κ2) is 4.84. The fourth-order valence-electron chi connectivity index (χ4n) is 2.75. The van der Waals surface area contributed by atoms with Crippen LogP contribution in [0, 0.1) is 5.92 Å². The van der Waals surface area contributed by atoms with Gasteiger partial charge >= 0.3 is 0 Å². The molecular weight excluding hydrogens is 208 g/mol. The highest BCUT2D eigenvalue weighted by molar-refractivity contribution is 5.84. The van der Waals surface area contributed by atoms with Gasteiger partial charge in [-0.2, -0.15) is 0 Å². The maximum atomic E-state index is 4.36. The molecule has 0 saturated carbocycles. The van der Waals surface area contributed by atoms with Crippen LogP contribution in [0.1, 0.15) is 18.4 Å². The molecule has 0 aliphatic carbocycles. The molecule has 2 heteroatoms. The third-order valence-corrected chi connectivity index (χ3v) is 3.66. The van der Waals surface area contributed by atoms with E-state index in [1.807, 2.05) is 12.4 Å². The Labute approximate surface area is 102 Å². The minimum atomic E-state index is 0.774. The van der Waals surface area contributed by atoms with Crippen molar-refractivity contribution in [3.63, 3.8) is 0 Å². The minimum absolute atomic E-state index is 0.774. The lowest BCUT2D eigenvalue weighted by atomic mass is 9.91. The first-order valence-electron chi connectivity index (χ1n) is 6.46. The zero-order valence-electron chi connectivity index (χ0n) is 10.0. The lowest BCUT2D eigenvalue weighted by molar-refractivity contribution is 0.376. The standard InChI is InChI=1S/C15H18N2/c1-2-6-15-13(5-1)10-17-11-14(15)8-12-4-3-7-16-9-12/h1-2,5-6,10-12,16H,3-4,7-9H2/t12-/m1/s1. The van der Waals surface area contributed by atoms with E-state index >= 15 is 0 Å². The second-order valence-electron chi connectivity index (χ2n) is 4.94. The van der Waals surface area contributed by atoms with Crippen LogP contribution in [0.5, 0.6) is 0 Å². The van der Waals surface area contributed by atoms with Gasteiger partial charge in [-0.3, -0.25) is 4.98 Å². The molecule has 17 heavy (non-hydrogen) atoms. The molecule has 1 fully saturated rings. The third-order valence-electron chi connectivity index (χ3n) is 3.66. The van der Waals surface area contributed by atoms with Gasteiger partial charge in [0, 0.05) is 17.8 Å². The van der Waals surface area contributed by atoms with Gasteiger partial charge in [0.15, 0.2) is 0 Å². The number of hydrogen-bond donors (Lipinski definition) is 1. The van der Waals surface area contributed by atoms with Crippen molar-refractivity contribution < 1.29 is 0 Å². The van der Waals surface area contributed by atoms with E-state index in [4.69, 9.17) is 0 Å². The molecule has 1 aromatic carbocycles. The fraction of sp³-hybridized carbons (Fsp3) is 0.400. The van der Waals surface area contributed by atoms with Gasteiger partial charge in [-0.05, 0) is 49.2 Å². The molecule has 0 bridgehead atoms. The predicted molar refractivity (Wildman–Crippen MR) is 71.0 cm³/mol. The van der Waals surface area contributed by atoms with Crippen LogP contribution in [0.4, 0.5) is 0 Å². The van der Waals surface area contributed by atoms with Crippen LogP contribution in [-0.4, -0.2) is 18.1 Å². The maximum Gasteiger partial charge on any atom is 0.0346 e. The molecule has 1 N–H and O–H groups in total. The number of nitrogens with zero attached hydrogens (tertiary/aromatic N) is 1. The van der Waals surface area contributed by atoms with E-state index in [9.17, 15) is 0 Å². The maximum absolute atomic E-state index is 4.36. The summed E-state index contributed by atoms with van der Waals surface area (Å²) in [6.45, 7) is 2.34. The van der Waals surface area contributed by atoms with Crippen molar-refractivity contribution in [1.82, 2.24) is 10.3 Å². The number of benzene rings is 1. The SMILES string of the molecule is c1ccc2c(C[C@H]3CCCNC3)cncc2c1. The Bertz CT molecular complexity index is 496. The van der Waals surface area contributed by atoms with E-state index in [0.717, 1.165) is 18.9 Å². The topological polar surface area (TPSA) is 24.9 Å². The second-order valence-corrected chi connectivity index (χ2v) is 4.94. The Balaban J connectivity index is 1.89. The zero-order chi connectivity index (χ0) is 11.5. The van der Waals surface area contributed by atoms with Crippen molar-refractivity contribution >= 4 is 10.8 Å². The summed E-state index contributed by atoms with van der Waals surface area (Å²) in [7, 11) is 0. The van der Waals surface area contributed by atoms with E-state index in [2.05, 4.69) is 34.6 Å². The van der Waals surface area contributed by atoms with E-state index in [-0.39, 0.29) is 0 Å². The van der Waals surface area contributed by atoms with Gasteiger partial charge in [0.05, 0.1) is 0 Å². The van der Waals surface area contributed by atoms with Crippen molar-refractivity contribution in [2.24, 2.45) is 5.92 Å². The Morgan fingerprint density at radius 3 is 3.06 bits per heavy atom. The van der Waals surface area contributed by atoms with Crippen LogP contribution in [0.25, 0.3) is 10.8 Å². The normalized spacial score (nSPS) is 20.6. The van der Waals surface area contributed by atoms with Crippen molar-refractivity contribution in [1.29, 1.82) is 0 Å². The molecule has 3 rings (SSSR count). The number of pyridine rings is 1. The molecule has 1 aliphatic heterocycles. The van der Waals surface area contributed by atoms with E-state index in [0.29, 0.717) is 0 Å². The Hall–Kier alpha value is -1.41. The fourth-order valence-corrected chi connectivity index (χ4v) is 2.75. The molecule has 1 atom stereocenters. The van der Waals surface area contributed by atoms with Crippen LogP contribution in [0.15, 0.2) is 36.7 Å². The largest absolute Gasteiger partial charge is 0.316 e. The first-order chi connectivity index (χ1) is 8.43. The van der Waals surface area contributed by atoms with Crippen LogP contribution < -0.4 is 5.32 Å². The summed E-state index contributed by atoms with van der Waals surface area (Å²) in [5, 5.41) is 6.11. The summed E-state index contributed by atoms with van der Waals surface area (Å²) in [5.74, 6) is 0.774. The average molecular weight is 226 g/mol. The van der Waals surface area contributed by atoms with Gasteiger partial charge in [0.2, 0.25) is 0 Å². The molecular formula is C15H18N2. The molecule has 0 spiro atoms. The van der Waals surface area contributed by atoms with Gasteiger partial charge in [0.1, 0.15) is 0 Å². The van der Waals surface area contributed by atoms with Crippen LogP contribution in [-0.2, 0) is 6.42 Å². The molecule has 1 aliphatic rings. The molecule has 0 amide bonds. The summed E-state index contributed by atoms with van der Waals surface area (Å²) in [6, 6.07) is 8.55. The van der Waals surface area contributed by atoms with E-state index in [1.54, 1.807) is 0 Å². The first kappa shape index (κ1) is 10.7. The molecule has 1 aromatic heterocycles. The predicted octanol–water partition coefficient (Wildman–Crippen LogP) is 2.78. The van der Waals surface area contributed by atoms with Crippen LogP contribution in [0.2, 0.25) is 0 Å². The Morgan fingerprint density at radius 1 is 1.24 bits per heavy atom. The summed E-state index contributed by atoms with van der Waals surface area (Å²) >= 11 is 0. The van der Waals surface area contributed by atoms with Gasteiger partial charge < -0.3 is 5.32 Å². The number of piperidine rings is 1. The van der Waals surface area contributed by atoms with Crippen molar-refractivity contribution in [2.75, 3.05) is 13.1 Å². The summed E-state index contributed by atoms with van der Waals surface area (Å²) in [4.78, 5) is 4.36. The monoisotopic (exact) mass is 226 g/mol. The van der Waals surface area contributed by atoms with E-state index in [1.165, 1.54) is 35.7 Å². The minimum Gasteiger partial charge on any atom is -0.316 e. The van der Waals surface area contributed by atoms with Crippen LogP contribution >= 0.6 is 0 Å². The molecule has 0 radical (unpaired) electrons. The van der Waals surface area contributed by atoms with Gasteiger partial charge in [0.25, 0.3) is 0 Å². The molecule has 88 valence electrons. The molecule has 0 unspecified atom stereocenters. The highest BCUT2D eigenvalue weighted by Gasteiger charge is 2.14. The summed E-state index contributed by atoms with van der Waals surface area (Å²) in [5.41, 5.74) is 1.40. The first-order valence-corrected chi connectivity index (χ1v) is 6.46. The quantitative estimate of drug-likeness (QED) is 0.851. The lowest BCUT2D eigenvalue weighted by Gasteiger charge is -2.23. The smallest absolute Gasteiger partial charge is 0.0346 e. The number of fused-ring (bicyclic) bond motifs is 1. The summed E-state index contributed by atoms with van der Waals surface area (Å²) < 4.78 is 0. The van der Waals surface area contributed by atoms with Gasteiger partial charge in [-0.25, -0.2) is 0 Å². The van der Waals surface area contributed by atoms with Crippen molar-refractivity contribution in [3.05, 3.63) is 42.2 Å². The van der Waals surface area contributed by atoms with Gasteiger partial charge in [-0.1, -0.05) is 24.3 Å². The highest BCUT2D eigenvalue weighted by atomic mass is 14.9.